The topological polar surface area (TPSA) is 83.8 Å². The van der Waals surface area contributed by atoms with E-state index in [1.165, 1.54) is 0 Å². The van der Waals surface area contributed by atoms with Crippen LogP contribution in [-0.2, 0) is 16.0 Å². The van der Waals surface area contributed by atoms with Gasteiger partial charge in [-0.3, -0.25) is 4.79 Å². The number of aliphatic carboxylic acids is 2. The molecule has 0 saturated heterocycles. The van der Waals surface area contributed by atoms with Gasteiger partial charge in [-0.15, -0.1) is 0 Å². The summed E-state index contributed by atoms with van der Waals surface area (Å²) in [5.41, 5.74) is 0.403. The molecule has 0 aliphatic carbocycles. The van der Waals surface area contributed by atoms with E-state index in [1.807, 2.05) is 0 Å². The summed E-state index contributed by atoms with van der Waals surface area (Å²) in [6.45, 7) is -0.521. The van der Waals surface area contributed by atoms with Crippen molar-refractivity contribution in [3.8, 4) is 5.75 Å². The van der Waals surface area contributed by atoms with Crippen molar-refractivity contribution in [3.05, 3.63) is 26.6 Å². The molecular formula is C10H8Br2O5. The molecule has 0 aromatic heterocycles. The molecule has 5 nitrogen and oxygen atoms in total. The molecule has 1 rings (SSSR count). The highest BCUT2D eigenvalue weighted by Crippen LogP contribution is 2.33. The third-order valence-corrected chi connectivity index (χ3v) is 2.81. The minimum Gasteiger partial charge on any atom is -0.481 e. The molecule has 17 heavy (non-hydrogen) atoms. The fraction of sp³-hybridized carbons (Fsp3) is 0.200. The predicted octanol–water partition coefficient (Wildman–Crippen LogP) is 2.30. The molecule has 1 aromatic rings. The van der Waals surface area contributed by atoms with Crippen LogP contribution in [0.1, 0.15) is 5.56 Å². The van der Waals surface area contributed by atoms with E-state index in [0.29, 0.717) is 14.5 Å². The molecule has 0 fully saturated rings. The van der Waals surface area contributed by atoms with E-state index in [0.717, 1.165) is 0 Å². The van der Waals surface area contributed by atoms with Crippen molar-refractivity contribution in [2.75, 3.05) is 6.61 Å². The second kappa shape index (κ2) is 6.02. The maximum atomic E-state index is 10.7. The van der Waals surface area contributed by atoms with E-state index in [-0.39, 0.29) is 12.2 Å². The van der Waals surface area contributed by atoms with Crippen molar-refractivity contribution in [3.63, 3.8) is 0 Å². The van der Waals surface area contributed by atoms with Gasteiger partial charge in [0.2, 0.25) is 0 Å². The van der Waals surface area contributed by atoms with Crippen LogP contribution in [0.25, 0.3) is 0 Å². The SMILES string of the molecule is O=C(O)COc1c(Br)cc(Br)cc1CC(=O)O. The third kappa shape index (κ3) is 4.35. The van der Waals surface area contributed by atoms with Crippen molar-refractivity contribution in [1.82, 2.24) is 0 Å². The van der Waals surface area contributed by atoms with Gasteiger partial charge in [0.15, 0.2) is 6.61 Å². The Bertz CT molecular complexity index is 458. The average molecular weight is 368 g/mol. The zero-order valence-corrected chi connectivity index (χ0v) is 11.6. The summed E-state index contributed by atoms with van der Waals surface area (Å²) in [6, 6.07) is 3.23. The smallest absolute Gasteiger partial charge is 0.341 e. The molecule has 7 heteroatoms. The Morgan fingerprint density at radius 3 is 2.35 bits per heavy atom. The van der Waals surface area contributed by atoms with E-state index >= 15 is 0 Å². The summed E-state index contributed by atoms with van der Waals surface area (Å²) in [4.78, 5) is 21.1. The second-order valence-electron chi connectivity index (χ2n) is 3.13. The molecule has 0 aliphatic heterocycles. The molecule has 0 saturated carbocycles. The Morgan fingerprint density at radius 2 is 1.82 bits per heavy atom. The number of hydrogen-bond donors (Lipinski definition) is 2. The normalized spacial score (nSPS) is 10.0. The van der Waals surface area contributed by atoms with E-state index < -0.39 is 18.5 Å². The maximum absolute atomic E-state index is 10.7. The molecule has 0 bridgehead atoms. The molecule has 1 aromatic carbocycles. The average Bonchev–Trinajstić information content (AvgIpc) is 2.14. The predicted molar refractivity (Wildman–Crippen MR) is 66.3 cm³/mol. The zero-order valence-electron chi connectivity index (χ0n) is 8.44. The van der Waals surface area contributed by atoms with Crippen LogP contribution in [0.3, 0.4) is 0 Å². The highest BCUT2D eigenvalue weighted by atomic mass is 79.9. The van der Waals surface area contributed by atoms with Crippen molar-refractivity contribution < 1.29 is 24.5 Å². The number of carboxylic acids is 2. The van der Waals surface area contributed by atoms with Crippen LogP contribution in [0.2, 0.25) is 0 Å². The molecule has 2 N–H and O–H groups in total. The molecule has 0 atom stereocenters. The van der Waals surface area contributed by atoms with Gasteiger partial charge in [0.25, 0.3) is 0 Å². The zero-order chi connectivity index (χ0) is 13.0. The lowest BCUT2D eigenvalue weighted by Gasteiger charge is -2.11. The summed E-state index contributed by atoms with van der Waals surface area (Å²) in [5.74, 6) is -1.91. The van der Waals surface area contributed by atoms with Gasteiger partial charge >= 0.3 is 11.9 Å². The van der Waals surface area contributed by atoms with Crippen molar-refractivity contribution in [2.45, 2.75) is 6.42 Å². The first-order valence-electron chi connectivity index (χ1n) is 4.44. The van der Waals surface area contributed by atoms with E-state index in [2.05, 4.69) is 31.9 Å². The Labute approximate surface area is 114 Å². The minimum absolute atomic E-state index is 0.234. The van der Waals surface area contributed by atoms with Crippen LogP contribution in [0.4, 0.5) is 0 Å². The van der Waals surface area contributed by atoms with Crippen molar-refractivity contribution in [2.24, 2.45) is 0 Å². The standard InChI is InChI=1S/C10H8Br2O5/c11-6-1-5(2-8(13)14)10(7(12)3-6)17-4-9(15)16/h1,3H,2,4H2,(H,13,14)(H,15,16). The monoisotopic (exact) mass is 366 g/mol. The van der Waals surface area contributed by atoms with Gasteiger partial charge in [0, 0.05) is 10.0 Å². The van der Waals surface area contributed by atoms with Gasteiger partial charge in [0.1, 0.15) is 5.75 Å². The number of benzene rings is 1. The summed E-state index contributed by atoms with van der Waals surface area (Å²) >= 11 is 6.42. The number of carboxylic acid groups (broad SMARTS) is 2. The summed E-state index contributed by atoms with van der Waals surface area (Å²) in [7, 11) is 0. The number of halogens is 2. The number of rotatable bonds is 5. The Balaban J connectivity index is 3.06. The molecule has 0 spiro atoms. The molecule has 0 radical (unpaired) electrons. The second-order valence-corrected chi connectivity index (χ2v) is 4.90. The van der Waals surface area contributed by atoms with Crippen LogP contribution in [0, 0.1) is 0 Å². The largest absolute Gasteiger partial charge is 0.481 e. The molecule has 0 heterocycles. The first kappa shape index (κ1) is 14.0. The molecule has 92 valence electrons. The Hall–Kier alpha value is -1.08. The van der Waals surface area contributed by atoms with Gasteiger partial charge in [-0.05, 0) is 28.1 Å². The van der Waals surface area contributed by atoms with E-state index in [4.69, 9.17) is 14.9 Å². The lowest BCUT2D eigenvalue weighted by molar-refractivity contribution is -0.139. The van der Waals surface area contributed by atoms with Gasteiger partial charge in [-0.25, -0.2) is 4.79 Å². The lowest BCUT2D eigenvalue weighted by atomic mass is 10.1. The summed E-state index contributed by atoms with van der Waals surface area (Å²) in [5, 5.41) is 17.3. The fourth-order valence-corrected chi connectivity index (χ4v) is 2.63. The van der Waals surface area contributed by atoms with Crippen LogP contribution < -0.4 is 4.74 Å². The molecule has 0 unspecified atom stereocenters. The fourth-order valence-electron chi connectivity index (χ4n) is 1.20. The van der Waals surface area contributed by atoms with Crippen LogP contribution >= 0.6 is 31.9 Å². The van der Waals surface area contributed by atoms with Crippen molar-refractivity contribution in [1.29, 1.82) is 0 Å². The van der Waals surface area contributed by atoms with Gasteiger partial charge < -0.3 is 14.9 Å². The van der Waals surface area contributed by atoms with Gasteiger partial charge in [-0.2, -0.15) is 0 Å². The van der Waals surface area contributed by atoms with Crippen LogP contribution in [0.15, 0.2) is 21.1 Å². The Morgan fingerprint density at radius 1 is 1.18 bits per heavy atom. The molecular weight excluding hydrogens is 360 g/mol. The lowest BCUT2D eigenvalue weighted by Crippen LogP contribution is -2.12. The third-order valence-electron chi connectivity index (χ3n) is 1.77. The number of carbonyl (C=O) groups is 2. The van der Waals surface area contributed by atoms with Gasteiger partial charge in [0.05, 0.1) is 10.9 Å². The van der Waals surface area contributed by atoms with Crippen molar-refractivity contribution >= 4 is 43.8 Å². The highest BCUT2D eigenvalue weighted by Gasteiger charge is 2.14. The van der Waals surface area contributed by atoms with Crippen LogP contribution in [-0.4, -0.2) is 28.8 Å². The highest BCUT2D eigenvalue weighted by molar-refractivity contribution is 9.11. The minimum atomic E-state index is -1.12. The number of ether oxygens (including phenoxy) is 1. The summed E-state index contributed by atoms with van der Waals surface area (Å²) < 4.78 is 6.24. The van der Waals surface area contributed by atoms with E-state index in [9.17, 15) is 9.59 Å². The first-order valence-corrected chi connectivity index (χ1v) is 6.03. The molecule has 0 amide bonds. The Kier molecular flexibility index (Phi) is 4.95. The van der Waals surface area contributed by atoms with E-state index in [1.54, 1.807) is 12.1 Å². The molecule has 0 aliphatic rings. The van der Waals surface area contributed by atoms with Crippen LogP contribution in [0.5, 0.6) is 5.75 Å². The maximum Gasteiger partial charge on any atom is 0.341 e. The summed E-state index contributed by atoms with van der Waals surface area (Å²) in [6.07, 6.45) is -0.243. The number of hydrogen-bond acceptors (Lipinski definition) is 3. The quantitative estimate of drug-likeness (QED) is 0.834. The van der Waals surface area contributed by atoms with Gasteiger partial charge in [-0.1, -0.05) is 15.9 Å². The first-order chi connectivity index (χ1) is 7.90.